The lowest BCUT2D eigenvalue weighted by Gasteiger charge is -2.13. The molecule has 0 aliphatic heterocycles. The summed E-state index contributed by atoms with van der Waals surface area (Å²) in [4.78, 5) is 5.04. The topological polar surface area (TPSA) is 12.5 Å². The molecule has 0 saturated heterocycles. The largest absolute Gasteiger partial charge is 0.414 e. The fraction of sp³-hybridized carbons (Fsp3) is 0.273. The summed E-state index contributed by atoms with van der Waals surface area (Å²) < 4.78 is 0. The second-order valence-corrected chi connectivity index (χ2v) is 2.54. The molecule has 0 aliphatic rings. The Hall–Kier alpha value is -1.28. The van der Waals surface area contributed by atoms with Gasteiger partial charge in [-0.3, -0.25) is 0 Å². The van der Waals surface area contributed by atoms with E-state index in [4.69, 9.17) is 4.84 Å². The van der Waals surface area contributed by atoms with E-state index in [1.165, 1.54) is 11.8 Å². The molecular formula is C11H17NO. The van der Waals surface area contributed by atoms with Gasteiger partial charge in [0.05, 0.1) is 6.54 Å². The zero-order valence-electron chi connectivity index (χ0n) is 7.23. The SMILES string of the molecule is C.C=CON(C)Cc1ccccc1. The molecule has 0 amide bonds. The van der Waals surface area contributed by atoms with Gasteiger partial charge in [0.2, 0.25) is 0 Å². The molecule has 1 rings (SSSR count). The van der Waals surface area contributed by atoms with Crippen molar-refractivity contribution >= 4 is 0 Å². The lowest BCUT2D eigenvalue weighted by atomic mass is 10.2. The molecule has 72 valence electrons. The molecule has 0 aromatic heterocycles. The first kappa shape index (κ1) is 11.7. The van der Waals surface area contributed by atoms with Gasteiger partial charge in [-0.1, -0.05) is 44.3 Å². The highest BCUT2D eigenvalue weighted by Gasteiger charge is 1.96. The zero-order valence-corrected chi connectivity index (χ0v) is 7.23. The van der Waals surface area contributed by atoms with Crippen molar-refractivity contribution < 1.29 is 4.84 Å². The highest BCUT2D eigenvalue weighted by Crippen LogP contribution is 2.02. The van der Waals surface area contributed by atoms with Crippen molar-refractivity contribution in [3.8, 4) is 0 Å². The van der Waals surface area contributed by atoms with Crippen LogP contribution in [0.5, 0.6) is 0 Å². The zero-order chi connectivity index (χ0) is 8.81. The van der Waals surface area contributed by atoms with Crippen LogP contribution in [0.3, 0.4) is 0 Å². The Kier molecular flexibility index (Phi) is 5.64. The quantitative estimate of drug-likeness (QED) is 0.520. The predicted molar refractivity (Wildman–Crippen MR) is 55.9 cm³/mol. The second-order valence-electron chi connectivity index (χ2n) is 2.54. The van der Waals surface area contributed by atoms with Gasteiger partial charge in [0, 0.05) is 7.05 Å². The van der Waals surface area contributed by atoms with Gasteiger partial charge >= 0.3 is 0 Å². The monoisotopic (exact) mass is 179 g/mol. The van der Waals surface area contributed by atoms with Crippen LogP contribution in [0.2, 0.25) is 0 Å². The number of benzene rings is 1. The molecule has 13 heavy (non-hydrogen) atoms. The van der Waals surface area contributed by atoms with Crippen LogP contribution in [0.15, 0.2) is 43.2 Å². The maximum atomic E-state index is 5.04. The van der Waals surface area contributed by atoms with Gasteiger partial charge in [0.15, 0.2) is 0 Å². The Bertz CT molecular complexity index is 233. The summed E-state index contributed by atoms with van der Waals surface area (Å²) in [6, 6.07) is 10.1. The lowest BCUT2D eigenvalue weighted by Crippen LogP contribution is -2.14. The van der Waals surface area contributed by atoms with E-state index < -0.39 is 0 Å². The smallest absolute Gasteiger partial charge is 0.104 e. The molecule has 0 saturated carbocycles. The molecule has 0 radical (unpaired) electrons. The third-order valence-corrected chi connectivity index (χ3v) is 1.50. The van der Waals surface area contributed by atoms with E-state index in [0.29, 0.717) is 0 Å². The van der Waals surface area contributed by atoms with Crippen LogP contribution >= 0.6 is 0 Å². The van der Waals surface area contributed by atoms with Crippen molar-refractivity contribution in [1.29, 1.82) is 0 Å². The molecule has 0 heterocycles. The molecule has 0 aliphatic carbocycles. The number of hydrogen-bond donors (Lipinski definition) is 0. The minimum absolute atomic E-state index is 0. The average molecular weight is 179 g/mol. The van der Waals surface area contributed by atoms with Crippen LogP contribution < -0.4 is 0 Å². The van der Waals surface area contributed by atoms with Crippen molar-refractivity contribution in [2.45, 2.75) is 14.0 Å². The van der Waals surface area contributed by atoms with Crippen molar-refractivity contribution in [2.75, 3.05) is 7.05 Å². The summed E-state index contributed by atoms with van der Waals surface area (Å²) in [5, 5.41) is 1.72. The van der Waals surface area contributed by atoms with E-state index in [9.17, 15) is 0 Å². The van der Waals surface area contributed by atoms with E-state index in [1.807, 2.05) is 25.2 Å². The molecule has 0 spiro atoms. The number of hydroxylamine groups is 2. The van der Waals surface area contributed by atoms with Gasteiger partial charge in [-0.25, -0.2) is 0 Å². The number of nitrogens with zero attached hydrogens (tertiary/aromatic N) is 1. The van der Waals surface area contributed by atoms with Gasteiger partial charge in [-0.15, -0.1) is 5.06 Å². The van der Waals surface area contributed by atoms with Gasteiger partial charge in [-0.2, -0.15) is 0 Å². The minimum Gasteiger partial charge on any atom is -0.414 e. The average Bonchev–Trinajstić information content (AvgIpc) is 2.06. The first-order valence-electron chi connectivity index (χ1n) is 3.85. The van der Waals surface area contributed by atoms with E-state index in [1.54, 1.807) is 5.06 Å². The predicted octanol–water partition coefficient (Wildman–Crippen LogP) is 2.83. The van der Waals surface area contributed by atoms with Crippen LogP contribution in [-0.2, 0) is 11.4 Å². The Balaban J connectivity index is 0.00000144. The highest BCUT2D eigenvalue weighted by molar-refractivity contribution is 5.13. The Labute approximate surface area is 80.4 Å². The van der Waals surface area contributed by atoms with Crippen LogP contribution in [0.4, 0.5) is 0 Å². The fourth-order valence-electron chi connectivity index (χ4n) is 1.01. The second kappa shape index (κ2) is 6.26. The third-order valence-electron chi connectivity index (χ3n) is 1.50. The molecule has 0 unspecified atom stereocenters. The molecule has 0 N–H and O–H groups in total. The molecule has 2 heteroatoms. The normalized spacial score (nSPS) is 9.08. The fourth-order valence-corrected chi connectivity index (χ4v) is 1.01. The van der Waals surface area contributed by atoms with Crippen molar-refractivity contribution in [2.24, 2.45) is 0 Å². The first-order valence-corrected chi connectivity index (χ1v) is 3.85. The minimum atomic E-state index is 0. The molecule has 1 aromatic rings. The number of hydrogen-bond acceptors (Lipinski definition) is 2. The van der Waals surface area contributed by atoms with Crippen LogP contribution in [-0.4, -0.2) is 12.1 Å². The lowest BCUT2D eigenvalue weighted by molar-refractivity contribution is -0.0864. The summed E-state index contributed by atoms with van der Waals surface area (Å²) >= 11 is 0. The van der Waals surface area contributed by atoms with Crippen molar-refractivity contribution in [1.82, 2.24) is 5.06 Å². The molecule has 0 bridgehead atoms. The van der Waals surface area contributed by atoms with E-state index in [0.717, 1.165) is 6.54 Å². The maximum absolute atomic E-state index is 5.04. The molecule has 1 aromatic carbocycles. The van der Waals surface area contributed by atoms with Crippen LogP contribution in [0, 0.1) is 0 Å². The Morgan fingerprint density at radius 1 is 1.38 bits per heavy atom. The van der Waals surface area contributed by atoms with Crippen LogP contribution in [0.1, 0.15) is 13.0 Å². The maximum Gasteiger partial charge on any atom is 0.104 e. The van der Waals surface area contributed by atoms with Gasteiger partial charge in [0.1, 0.15) is 6.26 Å². The van der Waals surface area contributed by atoms with E-state index >= 15 is 0 Å². The van der Waals surface area contributed by atoms with Gasteiger partial charge in [-0.05, 0) is 5.56 Å². The van der Waals surface area contributed by atoms with E-state index in [-0.39, 0.29) is 7.43 Å². The van der Waals surface area contributed by atoms with E-state index in [2.05, 4.69) is 18.7 Å². The van der Waals surface area contributed by atoms with Crippen molar-refractivity contribution in [3.63, 3.8) is 0 Å². The van der Waals surface area contributed by atoms with Gasteiger partial charge in [0.25, 0.3) is 0 Å². The summed E-state index contributed by atoms with van der Waals surface area (Å²) in [6.45, 7) is 4.25. The Morgan fingerprint density at radius 2 is 2.00 bits per heavy atom. The first-order chi connectivity index (χ1) is 5.83. The molecule has 2 nitrogen and oxygen atoms in total. The molecule has 0 fully saturated rings. The summed E-state index contributed by atoms with van der Waals surface area (Å²) in [7, 11) is 1.87. The summed E-state index contributed by atoms with van der Waals surface area (Å²) in [6.07, 6.45) is 1.42. The standard InChI is InChI=1S/C10H13NO.CH4/c1-3-12-11(2)9-10-7-5-4-6-8-10;/h3-8H,1,9H2,2H3;1H4. The van der Waals surface area contributed by atoms with Gasteiger partial charge < -0.3 is 4.84 Å². The Morgan fingerprint density at radius 3 is 2.54 bits per heavy atom. The molecule has 0 atom stereocenters. The highest BCUT2D eigenvalue weighted by atomic mass is 16.7. The molecular weight excluding hydrogens is 162 g/mol. The van der Waals surface area contributed by atoms with Crippen LogP contribution in [0.25, 0.3) is 0 Å². The third kappa shape index (κ3) is 4.33. The summed E-state index contributed by atoms with van der Waals surface area (Å²) in [5.41, 5.74) is 1.22. The van der Waals surface area contributed by atoms with Crippen molar-refractivity contribution in [3.05, 3.63) is 48.7 Å². The summed E-state index contributed by atoms with van der Waals surface area (Å²) in [5.74, 6) is 0. The number of rotatable bonds is 4.